The first-order valence-electron chi connectivity index (χ1n) is 9.37. The lowest BCUT2D eigenvalue weighted by Crippen LogP contribution is -2.40. The highest BCUT2D eigenvalue weighted by molar-refractivity contribution is 6.05. The highest BCUT2D eigenvalue weighted by atomic mass is 16.2. The third-order valence-electron chi connectivity index (χ3n) is 5.39. The van der Waals surface area contributed by atoms with Crippen molar-refractivity contribution in [2.24, 2.45) is 7.05 Å². The molecule has 1 fully saturated rings. The summed E-state index contributed by atoms with van der Waals surface area (Å²) in [5, 5.41) is 12.1. The van der Waals surface area contributed by atoms with Gasteiger partial charge >= 0.3 is 5.69 Å². The molecule has 3 aromatic rings. The van der Waals surface area contributed by atoms with E-state index < -0.39 is 0 Å². The highest BCUT2D eigenvalue weighted by Gasteiger charge is 2.30. The minimum absolute atomic E-state index is 0.0540. The molecule has 8 heteroatoms. The quantitative estimate of drug-likeness (QED) is 0.763. The molecular formula is C19H24N6O2. The first kappa shape index (κ1) is 17.5. The number of nitrogens with one attached hydrogen (secondary N) is 1. The lowest BCUT2D eigenvalue weighted by atomic mass is 9.96. The van der Waals surface area contributed by atoms with Gasteiger partial charge in [-0.25, -0.2) is 9.89 Å². The van der Waals surface area contributed by atoms with Crippen molar-refractivity contribution in [2.75, 3.05) is 13.1 Å². The summed E-state index contributed by atoms with van der Waals surface area (Å²) in [7, 11) is 1.86. The third kappa shape index (κ3) is 2.94. The monoisotopic (exact) mass is 368 g/mol. The van der Waals surface area contributed by atoms with Gasteiger partial charge < -0.3 is 4.90 Å². The van der Waals surface area contributed by atoms with Gasteiger partial charge in [-0.2, -0.15) is 10.2 Å². The van der Waals surface area contributed by atoms with Crippen LogP contribution in [0.3, 0.4) is 0 Å². The summed E-state index contributed by atoms with van der Waals surface area (Å²) in [5.74, 6) is 0.733. The van der Waals surface area contributed by atoms with Crippen molar-refractivity contribution in [1.82, 2.24) is 29.4 Å². The second-order valence-corrected chi connectivity index (χ2v) is 7.21. The van der Waals surface area contributed by atoms with Crippen LogP contribution in [-0.2, 0) is 13.6 Å². The Bertz CT molecular complexity index is 1060. The molecule has 0 saturated carbocycles. The van der Waals surface area contributed by atoms with E-state index in [2.05, 4.69) is 15.3 Å². The fourth-order valence-corrected chi connectivity index (χ4v) is 4.01. The van der Waals surface area contributed by atoms with E-state index in [1.165, 1.54) is 0 Å². The molecule has 1 atom stereocenters. The highest BCUT2D eigenvalue weighted by Crippen LogP contribution is 2.27. The normalized spacial score (nSPS) is 17.6. The average molecular weight is 368 g/mol. The number of amides is 1. The summed E-state index contributed by atoms with van der Waals surface area (Å²) in [6, 6.07) is 6.04. The lowest BCUT2D eigenvalue weighted by molar-refractivity contribution is 0.0698. The number of aryl methyl sites for hydroxylation is 2. The van der Waals surface area contributed by atoms with E-state index in [4.69, 9.17) is 0 Å². The standard InChI is InChI=1S/C19H24N6O2/c1-4-25-17(20-21-19(25)27)13-6-5-9-24(11-13)18(26)16-14-10-12(2)7-8-15(14)23(3)22-16/h7-8,10,13H,4-6,9,11H2,1-3H3,(H,21,27). The van der Waals surface area contributed by atoms with E-state index >= 15 is 0 Å². The number of carbonyl (C=O) groups excluding carboxylic acids is 1. The number of hydrogen-bond acceptors (Lipinski definition) is 4. The molecule has 1 saturated heterocycles. The summed E-state index contributed by atoms with van der Waals surface area (Å²) >= 11 is 0. The molecular weight excluding hydrogens is 344 g/mol. The van der Waals surface area contributed by atoms with Gasteiger partial charge in [0.05, 0.1) is 5.52 Å². The van der Waals surface area contributed by atoms with Gasteiger partial charge in [-0.3, -0.25) is 14.0 Å². The predicted octanol–water partition coefficient (Wildman–Crippen LogP) is 1.81. The van der Waals surface area contributed by atoms with Crippen LogP contribution in [0.15, 0.2) is 23.0 Å². The molecule has 1 amide bonds. The zero-order chi connectivity index (χ0) is 19.1. The average Bonchev–Trinajstić information content (AvgIpc) is 3.20. The fourth-order valence-electron chi connectivity index (χ4n) is 4.01. The first-order chi connectivity index (χ1) is 13.0. The van der Waals surface area contributed by atoms with Crippen LogP contribution in [0, 0.1) is 6.92 Å². The molecule has 0 bridgehead atoms. The molecule has 1 aliphatic rings. The Labute approximate surface area is 156 Å². The Morgan fingerprint density at radius 1 is 1.37 bits per heavy atom. The molecule has 0 aliphatic carbocycles. The van der Waals surface area contributed by atoms with Gasteiger partial charge in [-0.05, 0) is 38.8 Å². The van der Waals surface area contributed by atoms with E-state index in [9.17, 15) is 9.59 Å². The number of piperidine rings is 1. The van der Waals surface area contributed by atoms with Crippen molar-refractivity contribution in [3.8, 4) is 0 Å². The van der Waals surface area contributed by atoms with Crippen LogP contribution in [0.5, 0.6) is 0 Å². The molecule has 1 aliphatic heterocycles. The van der Waals surface area contributed by atoms with Gasteiger partial charge in [0.2, 0.25) is 0 Å². The molecule has 142 valence electrons. The van der Waals surface area contributed by atoms with Gasteiger partial charge in [0.15, 0.2) is 5.69 Å². The zero-order valence-electron chi connectivity index (χ0n) is 15.9. The van der Waals surface area contributed by atoms with E-state index in [-0.39, 0.29) is 17.5 Å². The molecule has 1 aromatic carbocycles. The number of rotatable bonds is 3. The maximum absolute atomic E-state index is 13.2. The molecule has 1 N–H and O–H groups in total. The van der Waals surface area contributed by atoms with Crippen LogP contribution in [0.1, 0.15) is 47.6 Å². The van der Waals surface area contributed by atoms with Crippen LogP contribution < -0.4 is 5.69 Å². The summed E-state index contributed by atoms with van der Waals surface area (Å²) in [6.07, 6.45) is 1.79. The van der Waals surface area contributed by atoms with Gasteiger partial charge in [0.1, 0.15) is 5.82 Å². The number of carbonyl (C=O) groups is 1. The Morgan fingerprint density at radius 3 is 2.96 bits per heavy atom. The first-order valence-corrected chi connectivity index (χ1v) is 9.37. The third-order valence-corrected chi connectivity index (χ3v) is 5.39. The van der Waals surface area contributed by atoms with Crippen molar-refractivity contribution >= 4 is 16.8 Å². The predicted molar refractivity (Wildman–Crippen MR) is 102 cm³/mol. The molecule has 4 rings (SSSR count). The number of fused-ring (bicyclic) bond motifs is 1. The number of aromatic nitrogens is 5. The zero-order valence-corrected chi connectivity index (χ0v) is 15.9. The van der Waals surface area contributed by atoms with Crippen molar-refractivity contribution < 1.29 is 4.79 Å². The summed E-state index contributed by atoms with van der Waals surface area (Å²) in [4.78, 5) is 27.0. The second-order valence-electron chi connectivity index (χ2n) is 7.21. The summed E-state index contributed by atoms with van der Waals surface area (Å²) in [6.45, 7) is 5.75. The topological polar surface area (TPSA) is 88.8 Å². The number of likely N-dealkylation sites (tertiary alicyclic amines) is 1. The van der Waals surface area contributed by atoms with Gasteiger partial charge in [-0.15, -0.1) is 0 Å². The van der Waals surface area contributed by atoms with Crippen LogP contribution in [0.25, 0.3) is 10.9 Å². The molecule has 27 heavy (non-hydrogen) atoms. The molecule has 2 aromatic heterocycles. The number of nitrogens with zero attached hydrogens (tertiary/aromatic N) is 5. The minimum Gasteiger partial charge on any atom is -0.337 e. The van der Waals surface area contributed by atoms with Crippen LogP contribution in [0.2, 0.25) is 0 Å². The van der Waals surface area contributed by atoms with E-state index in [1.54, 1.807) is 9.25 Å². The second kappa shape index (κ2) is 6.68. The van der Waals surface area contributed by atoms with Crippen LogP contribution >= 0.6 is 0 Å². The Morgan fingerprint density at radius 2 is 2.19 bits per heavy atom. The molecule has 8 nitrogen and oxygen atoms in total. The van der Waals surface area contributed by atoms with Crippen molar-refractivity contribution in [3.63, 3.8) is 0 Å². The largest absolute Gasteiger partial charge is 0.343 e. The Balaban J connectivity index is 1.65. The number of hydrogen-bond donors (Lipinski definition) is 1. The summed E-state index contributed by atoms with van der Waals surface area (Å²) in [5.41, 5.74) is 2.35. The van der Waals surface area contributed by atoms with Gasteiger partial charge in [0.25, 0.3) is 5.91 Å². The molecule has 1 unspecified atom stereocenters. The van der Waals surface area contributed by atoms with Crippen LogP contribution in [-0.4, -0.2) is 48.4 Å². The van der Waals surface area contributed by atoms with E-state index in [0.717, 1.165) is 35.1 Å². The summed E-state index contributed by atoms with van der Waals surface area (Å²) < 4.78 is 3.41. The Kier molecular flexibility index (Phi) is 4.33. The van der Waals surface area contributed by atoms with Crippen molar-refractivity contribution in [3.05, 3.63) is 45.8 Å². The minimum atomic E-state index is -0.192. The maximum atomic E-state index is 13.2. The smallest absolute Gasteiger partial charge is 0.337 e. The molecule has 0 radical (unpaired) electrons. The fraction of sp³-hybridized carbons (Fsp3) is 0.474. The van der Waals surface area contributed by atoms with Gasteiger partial charge in [0, 0.05) is 38.0 Å². The van der Waals surface area contributed by atoms with Crippen molar-refractivity contribution in [1.29, 1.82) is 0 Å². The van der Waals surface area contributed by atoms with Gasteiger partial charge in [-0.1, -0.05) is 11.6 Å². The molecule has 0 spiro atoms. The van der Waals surface area contributed by atoms with Crippen LogP contribution in [0.4, 0.5) is 0 Å². The lowest BCUT2D eigenvalue weighted by Gasteiger charge is -2.31. The SMILES string of the molecule is CCn1c(C2CCCN(C(=O)c3nn(C)c4ccc(C)cc34)C2)n[nH]c1=O. The molecule has 3 heterocycles. The van der Waals surface area contributed by atoms with Crippen molar-refractivity contribution in [2.45, 2.75) is 39.2 Å². The Hall–Kier alpha value is -2.90. The number of aromatic amines is 1. The van der Waals surface area contributed by atoms with E-state index in [1.807, 2.05) is 44.0 Å². The van der Waals surface area contributed by atoms with E-state index in [0.29, 0.717) is 25.3 Å². The maximum Gasteiger partial charge on any atom is 0.343 e. The number of benzene rings is 1. The number of H-pyrrole nitrogens is 1.